The number of allylic oxidation sites excluding steroid dienone is 1. The Morgan fingerprint density at radius 3 is 2.17 bits per heavy atom. The maximum Gasteiger partial charge on any atom is 0.100 e. The third-order valence-electron chi connectivity index (χ3n) is 4.06. The molecule has 0 atom stereocenters. The molecule has 1 aliphatic carbocycles. The predicted octanol–water partition coefficient (Wildman–Crippen LogP) is 5.73. The van der Waals surface area contributed by atoms with E-state index in [1.54, 1.807) is 0 Å². The van der Waals surface area contributed by atoms with E-state index >= 15 is 0 Å². The smallest absolute Gasteiger partial charge is 0.100 e. The van der Waals surface area contributed by atoms with Crippen molar-refractivity contribution in [2.75, 3.05) is 0 Å². The van der Waals surface area contributed by atoms with Crippen LogP contribution in [0.15, 0.2) is 30.5 Å². The zero-order valence-corrected chi connectivity index (χ0v) is 16.8. The van der Waals surface area contributed by atoms with Gasteiger partial charge in [-0.25, -0.2) is 0 Å². The Hall–Kier alpha value is -1.28. The second kappa shape index (κ2) is 8.20. The Morgan fingerprint density at radius 2 is 1.83 bits per heavy atom. The highest BCUT2D eigenvalue weighted by Gasteiger charge is 2.40. The van der Waals surface area contributed by atoms with Crippen LogP contribution in [0.1, 0.15) is 78.0 Å². The molecule has 0 saturated heterocycles. The minimum Gasteiger partial charge on any atom is -0.493 e. The molecule has 2 N–H and O–H groups in total. The summed E-state index contributed by atoms with van der Waals surface area (Å²) >= 11 is 0. The Kier molecular flexibility index (Phi) is 7.10. The van der Waals surface area contributed by atoms with Crippen LogP contribution in [0.5, 0.6) is 0 Å². The van der Waals surface area contributed by atoms with Gasteiger partial charge in [0, 0.05) is 5.54 Å². The van der Waals surface area contributed by atoms with Gasteiger partial charge in [-0.15, -0.1) is 0 Å². The molecule has 0 radical (unpaired) electrons. The number of rotatable bonds is 5. The number of benzene rings is 1. The first-order valence-electron chi connectivity index (χ1n) is 9.22. The van der Waals surface area contributed by atoms with Crippen LogP contribution in [-0.2, 0) is 23.1 Å². The van der Waals surface area contributed by atoms with Gasteiger partial charge in [-0.1, -0.05) is 45.5 Å². The number of aryl methyl sites for hydroxylation is 1. The largest absolute Gasteiger partial charge is 0.493 e. The van der Waals surface area contributed by atoms with E-state index in [2.05, 4.69) is 45.5 Å². The first-order valence-corrected chi connectivity index (χ1v) is 9.22. The molecule has 0 bridgehead atoms. The third-order valence-corrected chi connectivity index (χ3v) is 4.06. The van der Waals surface area contributed by atoms with E-state index in [1.165, 1.54) is 23.1 Å². The fourth-order valence-electron chi connectivity index (χ4n) is 2.85. The van der Waals surface area contributed by atoms with E-state index in [9.17, 15) is 0 Å². The normalized spacial score (nSPS) is 15.5. The summed E-state index contributed by atoms with van der Waals surface area (Å²) in [7, 11) is 0. The standard InChI is InChI=1S/C15H23N.C7H14O/c1-4-12-10-14(15(16)7-8-15)6-5-13(12)9-11(2)3;1-6(2)8-7(3,4)5/h5-6,10-11H,4,7-9,16H2,1-3H3;1H2,2-5H3. The lowest BCUT2D eigenvalue weighted by Gasteiger charge is -2.20. The van der Waals surface area contributed by atoms with Crippen molar-refractivity contribution < 1.29 is 4.74 Å². The average Bonchev–Trinajstić information content (AvgIpc) is 3.15. The second-order valence-electron chi connectivity index (χ2n) is 8.51. The molecule has 1 fully saturated rings. The molecule has 24 heavy (non-hydrogen) atoms. The van der Waals surface area contributed by atoms with Crippen LogP contribution in [0.25, 0.3) is 0 Å². The van der Waals surface area contributed by atoms with Crippen LogP contribution in [0.3, 0.4) is 0 Å². The summed E-state index contributed by atoms with van der Waals surface area (Å²) in [6.45, 7) is 18.3. The highest BCUT2D eigenvalue weighted by atomic mass is 16.5. The zero-order chi connectivity index (χ0) is 18.5. The van der Waals surface area contributed by atoms with Crippen molar-refractivity contribution in [2.24, 2.45) is 11.7 Å². The molecule has 0 unspecified atom stereocenters. The topological polar surface area (TPSA) is 35.2 Å². The van der Waals surface area contributed by atoms with E-state index in [-0.39, 0.29) is 11.1 Å². The molecule has 2 rings (SSSR count). The molecule has 1 aromatic rings. The van der Waals surface area contributed by atoms with Crippen LogP contribution < -0.4 is 5.73 Å². The number of hydrogen-bond donors (Lipinski definition) is 1. The highest BCUT2D eigenvalue weighted by molar-refractivity contribution is 5.38. The summed E-state index contributed by atoms with van der Waals surface area (Å²) in [6, 6.07) is 6.87. The molecule has 1 aliphatic rings. The summed E-state index contributed by atoms with van der Waals surface area (Å²) in [4.78, 5) is 0. The molecular weight excluding hydrogens is 294 g/mol. The van der Waals surface area contributed by atoms with Gasteiger partial charge in [-0.3, -0.25) is 0 Å². The van der Waals surface area contributed by atoms with Gasteiger partial charge in [0.2, 0.25) is 0 Å². The summed E-state index contributed by atoms with van der Waals surface area (Å²) in [5.41, 5.74) is 10.5. The van der Waals surface area contributed by atoms with Crippen molar-refractivity contribution >= 4 is 0 Å². The minimum absolute atomic E-state index is 0.0142. The summed E-state index contributed by atoms with van der Waals surface area (Å²) < 4.78 is 5.24. The lowest BCUT2D eigenvalue weighted by molar-refractivity contribution is 0.0544. The van der Waals surface area contributed by atoms with Gasteiger partial charge in [0.15, 0.2) is 0 Å². The molecule has 2 nitrogen and oxygen atoms in total. The van der Waals surface area contributed by atoms with Crippen LogP contribution in [0.4, 0.5) is 0 Å². The fraction of sp³-hybridized carbons (Fsp3) is 0.636. The molecule has 136 valence electrons. The van der Waals surface area contributed by atoms with Crippen LogP contribution in [0, 0.1) is 5.92 Å². The monoisotopic (exact) mass is 331 g/mol. The summed E-state index contributed by atoms with van der Waals surface area (Å²) in [5, 5.41) is 0. The van der Waals surface area contributed by atoms with Gasteiger partial charge in [-0.05, 0) is 76.0 Å². The van der Waals surface area contributed by atoms with Crippen molar-refractivity contribution in [3.05, 3.63) is 47.2 Å². The quantitative estimate of drug-likeness (QED) is 0.699. The number of ether oxygens (including phenoxy) is 1. The van der Waals surface area contributed by atoms with Gasteiger partial charge in [-0.2, -0.15) is 0 Å². The summed E-state index contributed by atoms with van der Waals surface area (Å²) in [5.74, 6) is 1.50. The Morgan fingerprint density at radius 1 is 1.25 bits per heavy atom. The highest BCUT2D eigenvalue weighted by Crippen LogP contribution is 2.43. The Balaban J connectivity index is 0.000000307. The average molecular weight is 332 g/mol. The molecule has 1 aromatic carbocycles. The third kappa shape index (κ3) is 7.09. The lowest BCUT2D eigenvalue weighted by atomic mass is 9.92. The number of hydrogen-bond acceptors (Lipinski definition) is 2. The van der Waals surface area contributed by atoms with E-state index in [0.717, 1.165) is 30.9 Å². The van der Waals surface area contributed by atoms with Crippen molar-refractivity contribution in [1.82, 2.24) is 0 Å². The molecular formula is C22H37NO. The fourth-order valence-corrected chi connectivity index (χ4v) is 2.85. The van der Waals surface area contributed by atoms with Crippen molar-refractivity contribution in [3.63, 3.8) is 0 Å². The van der Waals surface area contributed by atoms with Gasteiger partial charge in [0.1, 0.15) is 5.60 Å². The molecule has 0 amide bonds. The lowest BCUT2D eigenvalue weighted by Crippen LogP contribution is -2.19. The SMILES string of the molecule is C=C(C)OC(C)(C)C.CCc1cc(C2(N)CC2)ccc1CC(C)C. The number of nitrogens with two attached hydrogens (primary N) is 1. The van der Waals surface area contributed by atoms with Crippen LogP contribution in [0.2, 0.25) is 0 Å². The molecule has 2 heteroatoms. The molecule has 0 aliphatic heterocycles. The Bertz CT molecular complexity index is 548. The van der Waals surface area contributed by atoms with Crippen LogP contribution in [-0.4, -0.2) is 5.60 Å². The molecule has 0 aromatic heterocycles. The van der Waals surface area contributed by atoms with Gasteiger partial charge < -0.3 is 10.5 Å². The van der Waals surface area contributed by atoms with E-state index in [0.29, 0.717) is 0 Å². The second-order valence-corrected chi connectivity index (χ2v) is 8.51. The minimum atomic E-state index is -0.0775. The van der Waals surface area contributed by atoms with E-state index in [1.807, 2.05) is 27.7 Å². The van der Waals surface area contributed by atoms with Crippen molar-refractivity contribution in [2.45, 2.75) is 85.3 Å². The first kappa shape index (κ1) is 20.8. The maximum atomic E-state index is 6.24. The maximum absolute atomic E-state index is 6.24. The summed E-state index contributed by atoms with van der Waals surface area (Å²) in [6.07, 6.45) is 4.60. The van der Waals surface area contributed by atoms with Gasteiger partial charge in [0.05, 0.1) is 5.76 Å². The molecule has 1 saturated carbocycles. The van der Waals surface area contributed by atoms with Crippen molar-refractivity contribution in [3.8, 4) is 0 Å². The van der Waals surface area contributed by atoms with Crippen molar-refractivity contribution in [1.29, 1.82) is 0 Å². The molecule has 0 spiro atoms. The zero-order valence-electron chi connectivity index (χ0n) is 16.8. The van der Waals surface area contributed by atoms with E-state index in [4.69, 9.17) is 10.5 Å². The molecule has 0 heterocycles. The van der Waals surface area contributed by atoms with Gasteiger partial charge in [0.25, 0.3) is 0 Å². The van der Waals surface area contributed by atoms with Gasteiger partial charge >= 0.3 is 0 Å². The predicted molar refractivity (Wildman–Crippen MR) is 105 cm³/mol. The van der Waals surface area contributed by atoms with Crippen LogP contribution >= 0.6 is 0 Å². The Labute approximate surface area is 149 Å². The first-order chi connectivity index (χ1) is 11.0. The van der Waals surface area contributed by atoms with E-state index < -0.39 is 0 Å².